The Labute approximate surface area is 141 Å². The third kappa shape index (κ3) is 3.05. The summed E-state index contributed by atoms with van der Waals surface area (Å²) in [6.45, 7) is 5.81. The Morgan fingerprint density at radius 3 is 2.70 bits per heavy atom. The number of piperidine rings is 1. The minimum absolute atomic E-state index is 0.319. The molecule has 0 aromatic carbocycles. The van der Waals surface area contributed by atoms with Crippen molar-refractivity contribution in [1.82, 2.24) is 15.1 Å². The van der Waals surface area contributed by atoms with Crippen LogP contribution < -0.4 is 5.32 Å². The van der Waals surface area contributed by atoms with Gasteiger partial charge in [-0.25, -0.2) is 0 Å². The van der Waals surface area contributed by atoms with Crippen LogP contribution in [0.3, 0.4) is 0 Å². The maximum atomic E-state index is 12.8. The molecule has 0 saturated carbocycles. The molecule has 4 heteroatoms. The van der Waals surface area contributed by atoms with Gasteiger partial charge in [0.05, 0.1) is 6.17 Å². The largest absolute Gasteiger partial charge is 0.338 e. The lowest BCUT2D eigenvalue weighted by Crippen LogP contribution is -2.59. The van der Waals surface area contributed by atoms with Crippen LogP contribution in [-0.2, 0) is 4.79 Å². The summed E-state index contributed by atoms with van der Waals surface area (Å²) >= 11 is 0. The van der Waals surface area contributed by atoms with Crippen molar-refractivity contribution >= 4 is 5.91 Å². The summed E-state index contributed by atoms with van der Waals surface area (Å²) in [6, 6.07) is 0.848. The smallest absolute Gasteiger partial charge is 0.226 e. The molecule has 23 heavy (non-hydrogen) atoms. The Balaban J connectivity index is 1.51. The van der Waals surface area contributed by atoms with Gasteiger partial charge in [0.2, 0.25) is 5.91 Å². The highest BCUT2D eigenvalue weighted by Crippen LogP contribution is 2.35. The van der Waals surface area contributed by atoms with Crippen LogP contribution in [0.15, 0.2) is 0 Å². The lowest BCUT2D eigenvalue weighted by Gasteiger charge is -2.42. The van der Waals surface area contributed by atoms with Gasteiger partial charge in [-0.05, 0) is 57.9 Å². The van der Waals surface area contributed by atoms with Gasteiger partial charge in [-0.3, -0.25) is 15.0 Å². The lowest BCUT2D eigenvalue weighted by atomic mass is 9.88. The van der Waals surface area contributed by atoms with Crippen LogP contribution >= 0.6 is 0 Å². The average molecular weight is 319 g/mol. The highest BCUT2D eigenvalue weighted by Gasteiger charge is 2.43. The molecule has 0 aromatic rings. The monoisotopic (exact) mass is 319 g/mol. The van der Waals surface area contributed by atoms with Gasteiger partial charge in [-0.2, -0.15) is 0 Å². The van der Waals surface area contributed by atoms with E-state index in [1.807, 2.05) is 0 Å². The van der Waals surface area contributed by atoms with Gasteiger partial charge in [0.15, 0.2) is 0 Å². The van der Waals surface area contributed by atoms with E-state index < -0.39 is 0 Å². The molecule has 3 unspecified atom stereocenters. The number of amides is 1. The molecule has 4 fully saturated rings. The maximum absolute atomic E-state index is 12.8. The molecule has 0 radical (unpaired) electrons. The molecule has 4 saturated heterocycles. The summed E-state index contributed by atoms with van der Waals surface area (Å²) in [6.07, 6.45) is 11.9. The summed E-state index contributed by atoms with van der Waals surface area (Å²) in [7, 11) is 0. The second-order valence-electron chi connectivity index (χ2n) is 8.34. The quantitative estimate of drug-likeness (QED) is 0.745. The normalized spacial score (nSPS) is 42.7. The third-order valence-corrected chi connectivity index (χ3v) is 7.03. The summed E-state index contributed by atoms with van der Waals surface area (Å²) in [4.78, 5) is 17.7. The first-order valence-corrected chi connectivity index (χ1v) is 10.0. The van der Waals surface area contributed by atoms with Crippen molar-refractivity contribution in [3.8, 4) is 0 Å². The van der Waals surface area contributed by atoms with Crippen LogP contribution in [0.4, 0.5) is 0 Å². The summed E-state index contributed by atoms with van der Waals surface area (Å²) < 4.78 is 0. The highest BCUT2D eigenvalue weighted by atomic mass is 16.2. The predicted molar refractivity (Wildman–Crippen MR) is 92.0 cm³/mol. The Kier molecular flexibility index (Phi) is 4.64. The van der Waals surface area contributed by atoms with Crippen LogP contribution in [0.25, 0.3) is 0 Å². The van der Waals surface area contributed by atoms with Crippen molar-refractivity contribution in [2.75, 3.05) is 19.6 Å². The topological polar surface area (TPSA) is 35.6 Å². The zero-order chi connectivity index (χ0) is 15.8. The van der Waals surface area contributed by atoms with Crippen LogP contribution in [0.2, 0.25) is 0 Å². The molecule has 4 rings (SSSR count). The average Bonchev–Trinajstić information content (AvgIpc) is 3.13. The fourth-order valence-corrected chi connectivity index (χ4v) is 5.51. The molecule has 1 N–H and O–H groups in total. The minimum Gasteiger partial charge on any atom is -0.338 e. The molecule has 4 heterocycles. The van der Waals surface area contributed by atoms with Gasteiger partial charge < -0.3 is 4.90 Å². The molecule has 0 aliphatic carbocycles. The van der Waals surface area contributed by atoms with Crippen LogP contribution in [0.5, 0.6) is 0 Å². The van der Waals surface area contributed by atoms with Crippen molar-refractivity contribution in [1.29, 1.82) is 0 Å². The molecule has 130 valence electrons. The maximum Gasteiger partial charge on any atom is 0.226 e. The fraction of sp³-hybridized carbons (Fsp3) is 0.947. The van der Waals surface area contributed by atoms with Crippen LogP contribution in [-0.4, -0.2) is 53.6 Å². The Morgan fingerprint density at radius 2 is 1.78 bits per heavy atom. The van der Waals surface area contributed by atoms with Gasteiger partial charge in [-0.1, -0.05) is 19.3 Å². The van der Waals surface area contributed by atoms with Gasteiger partial charge in [0, 0.05) is 31.1 Å². The second-order valence-corrected chi connectivity index (χ2v) is 8.34. The van der Waals surface area contributed by atoms with Gasteiger partial charge in [0.1, 0.15) is 0 Å². The van der Waals surface area contributed by atoms with E-state index in [1.54, 1.807) is 0 Å². The summed E-state index contributed by atoms with van der Waals surface area (Å²) in [5.41, 5.74) is 0. The standard InChI is InChI=1S/C19H33N3O/c1-14-17-8-7-15-9-12-21(18(15)20-17)11-5-3-2-4-6-16-10-13-22(14)19(16)23/h14-18,20H,2-13H2,1H3/t14-,15?,16-,17?,18?/m1/s1. The number of nitrogens with zero attached hydrogens (tertiary/aromatic N) is 2. The number of hydrogen-bond acceptors (Lipinski definition) is 3. The van der Waals surface area contributed by atoms with E-state index in [2.05, 4.69) is 22.0 Å². The summed E-state index contributed by atoms with van der Waals surface area (Å²) in [5, 5.41) is 3.95. The number of carbonyl (C=O) groups is 1. The molecule has 0 spiro atoms. The van der Waals surface area contributed by atoms with Crippen LogP contribution in [0.1, 0.15) is 64.7 Å². The molecule has 4 aliphatic heterocycles. The Hall–Kier alpha value is -0.610. The van der Waals surface area contributed by atoms with Gasteiger partial charge >= 0.3 is 0 Å². The van der Waals surface area contributed by atoms with Crippen molar-refractivity contribution in [2.24, 2.45) is 11.8 Å². The van der Waals surface area contributed by atoms with Crippen LogP contribution in [0, 0.1) is 11.8 Å². The Morgan fingerprint density at radius 1 is 0.913 bits per heavy atom. The van der Waals surface area contributed by atoms with E-state index in [-0.39, 0.29) is 0 Å². The molecule has 4 nitrogen and oxygen atoms in total. The number of nitrogens with one attached hydrogen (secondary N) is 1. The van der Waals surface area contributed by atoms with E-state index in [4.69, 9.17) is 0 Å². The second kappa shape index (κ2) is 6.72. The van der Waals surface area contributed by atoms with Gasteiger partial charge in [0.25, 0.3) is 0 Å². The van der Waals surface area contributed by atoms with Gasteiger partial charge in [-0.15, -0.1) is 0 Å². The van der Waals surface area contributed by atoms with E-state index in [9.17, 15) is 4.79 Å². The van der Waals surface area contributed by atoms with E-state index in [0.29, 0.717) is 30.1 Å². The molecule has 5 atom stereocenters. The first kappa shape index (κ1) is 15.9. The van der Waals surface area contributed by atoms with Crippen molar-refractivity contribution in [3.05, 3.63) is 0 Å². The van der Waals surface area contributed by atoms with Crippen molar-refractivity contribution < 1.29 is 4.79 Å². The number of carbonyl (C=O) groups excluding carboxylic acids is 1. The lowest BCUT2D eigenvalue weighted by molar-refractivity contribution is -0.133. The Bertz CT molecular complexity index is 440. The zero-order valence-corrected chi connectivity index (χ0v) is 14.7. The molecular weight excluding hydrogens is 286 g/mol. The molecule has 4 bridgehead atoms. The SMILES string of the molecule is C[C@@H]1C2CCC3CCN(CCCCCC[C@@H]4CCN1C4=O)C3N2. The fourth-order valence-electron chi connectivity index (χ4n) is 5.51. The van der Waals surface area contributed by atoms with Crippen molar-refractivity contribution in [3.63, 3.8) is 0 Å². The predicted octanol–water partition coefficient (Wildman–Crippen LogP) is 2.59. The van der Waals surface area contributed by atoms with E-state index in [0.717, 1.165) is 25.3 Å². The molecular formula is C19H33N3O. The van der Waals surface area contributed by atoms with E-state index >= 15 is 0 Å². The van der Waals surface area contributed by atoms with Crippen molar-refractivity contribution in [2.45, 2.75) is 83.0 Å². The molecule has 4 aliphatic rings. The first-order chi connectivity index (χ1) is 11.2. The molecule has 1 amide bonds. The summed E-state index contributed by atoms with van der Waals surface area (Å²) in [5.74, 6) is 1.61. The first-order valence-electron chi connectivity index (χ1n) is 10.0. The molecule has 0 aromatic heterocycles. The number of fused-ring (bicyclic) bond motifs is 3. The number of rotatable bonds is 0. The number of hydrogen-bond donors (Lipinski definition) is 1. The third-order valence-electron chi connectivity index (χ3n) is 7.03. The zero-order valence-electron chi connectivity index (χ0n) is 14.7. The highest BCUT2D eigenvalue weighted by molar-refractivity contribution is 5.81. The van der Waals surface area contributed by atoms with E-state index in [1.165, 1.54) is 58.0 Å². The minimum atomic E-state index is 0.319.